The number of aliphatic hydroxyl groups excluding tert-OH is 1. The van der Waals surface area contributed by atoms with Gasteiger partial charge in [0.05, 0.1) is 5.76 Å². The zero-order valence-electron chi connectivity index (χ0n) is 21.7. The van der Waals surface area contributed by atoms with Crippen LogP contribution in [0.1, 0.15) is 45.1 Å². The molecule has 0 aliphatic heterocycles. The van der Waals surface area contributed by atoms with Crippen LogP contribution in [-0.4, -0.2) is 15.9 Å². The number of pyridine rings is 1. The second kappa shape index (κ2) is 11.2. The van der Waals surface area contributed by atoms with Crippen LogP contribution >= 0.6 is 11.3 Å². The summed E-state index contributed by atoms with van der Waals surface area (Å²) < 4.78 is 15.4. The molecule has 0 saturated heterocycles. The molecule has 1 radical (unpaired) electrons. The van der Waals surface area contributed by atoms with Crippen LogP contribution in [0.15, 0.2) is 66.6 Å². The molecule has 37 heavy (non-hydrogen) atoms. The van der Waals surface area contributed by atoms with Crippen molar-refractivity contribution in [3.05, 3.63) is 88.9 Å². The molecule has 0 unspecified atom stereocenters. The molecule has 0 bridgehead atoms. The molecule has 0 saturated carbocycles. The number of rotatable bonds is 2. The maximum Gasteiger partial charge on any atom is 0.155 e. The Balaban J connectivity index is 0.000000422. The second-order valence-corrected chi connectivity index (χ2v) is 11.3. The minimum Gasteiger partial charge on any atom is -0.512 e. The van der Waals surface area contributed by atoms with Crippen molar-refractivity contribution in [1.29, 1.82) is 0 Å². The number of fused-ring (bicyclic) bond motifs is 4. The standard InChI is InChI=1S/C26H21FNS.C5H8O2.Ir/c1-15-12-21-22(26(2,3)4)13-16(14-24(21)29-15)25-20-9-8-19-17(6-5-7-23(19)27)18(20)10-11-28-25;1-4(6)3-5(2)7;/h5-13H,1-4H3;3,6H,1-2H3;/q-1;;/b;4-3-;. The maximum atomic E-state index is 14.3. The van der Waals surface area contributed by atoms with Crippen molar-refractivity contribution in [3.63, 3.8) is 0 Å². The summed E-state index contributed by atoms with van der Waals surface area (Å²) in [5, 5.41) is 13.2. The number of aromatic nitrogens is 1. The molecule has 0 aliphatic carbocycles. The van der Waals surface area contributed by atoms with E-state index in [1.165, 1.54) is 41.8 Å². The second-order valence-electron chi connectivity index (χ2n) is 10.00. The van der Waals surface area contributed by atoms with E-state index in [1.807, 2.05) is 30.5 Å². The van der Waals surface area contributed by atoms with Gasteiger partial charge in [-0.25, -0.2) is 4.39 Å². The van der Waals surface area contributed by atoms with E-state index in [4.69, 9.17) is 10.1 Å². The summed E-state index contributed by atoms with van der Waals surface area (Å²) in [5.41, 5.74) is 3.20. The summed E-state index contributed by atoms with van der Waals surface area (Å²) in [7, 11) is 0. The Labute approximate surface area is 234 Å². The van der Waals surface area contributed by atoms with Crippen LogP contribution in [0.4, 0.5) is 4.39 Å². The third-order valence-electron chi connectivity index (χ3n) is 5.91. The maximum absolute atomic E-state index is 14.3. The molecule has 0 amide bonds. The SMILES string of the molecule is CC(=O)/C=C(/C)O.Cc1cc2c(C(C)(C)C)cc(-c3nccc4c3ccc3c(F)cccc34)[c-]c2s1.[Ir]. The number of thiophene rings is 1. The predicted molar refractivity (Wildman–Crippen MR) is 149 cm³/mol. The van der Waals surface area contributed by atoms with Crippen LogP contribution in [0.2, 0.25) is 0 Å². The number of carbonyl (C=O) groups excluding carboxylic acids is 1. The monoisotopic (exact) mass is 691 g/mol. The molecule has 3 nitrogen and oxygen atoms in total. The zero-order chi connectivity index (χ0) is 26.2. The largest absolute Gasteiger partial charge is 0.512 e. The third kappa shape index (κ3) is 6.15. The normalized spacial score (nSPS) is 11.8. The molecule has 2 aromatic heterocycles. The number of aliphatic hydroxyl groups is 1. The molecule has 5 rings (SSSR count). The van der Waals surface area contributed by atoms with Crippen molar-refractivity contribution >= 4 is 48.8 Å². The fourth-order valence-electron chi connectivity index (χ4n) is 4.43. The summed E-state index contributed by atoms with van der Waals surface area (Å²) in [4.78, 5) is 16.0. The molecule has 3 aromatic carbocycles. The minimum absolute atomic E-state index is 0. The molecule has 0 aliphatic rings. The molecular weight excluding hydrogens is 662 g/mol. The van der Waals surface area contributed by atoms with E-state index < -0.39 is 0 Å². The first-order valence-electron chi connectivity index (χ1n) is 11.8. The number of benzene rings is 3. The number of hydrogen-bond acceptors (Lipinski definition) is 4. The van der Waals surface area contributed by atoms with Crippen molar-refractivity contribution in [2.45, 2.75) is 47.0 Å². The number of hydrogen-bond donors (Lipinski definition) is 1. The van der Waals surface area contributed by atoms with Gasteiger partial charge in [-0.1, -0.05) is 56.5 Å². The van der Waals surface area contributed by atoms with Gasteiger partial charge in [0.15, 0.2) is 5.78 Å². The van der Waals surface area contributed by atoms with Gasteiger partial charge in [0.1, 0.15) is 5.82 Å². The van der Waals surface area contributed by atoms with Gasteiger partial charge in [-0.2, -0.15) is 11.3 Å². The Morgan fingerprint density at radius 3 is 2.30 bits per heavy atom. The number of ketones is 1. The van der Waals surface area contributed by atoms with E-state index in [2.05, 4.69) is 45.9 Å². The molecule has 0 fully saturated rings. The van der Waals surface area contributed by atoms with Gasteiger partial charge in [-0.05, 0) is 69.7 Å². The Kier molecular flexibility index (Phi) is 8.69. The first kappa shape index (κ1) is 28.6. The van der Waals surface area contributed by atoms with Gasteiger partial charge in [-0.3, -0.25) is 4.79 Å². The van der Waals surface area contributed by atoms with E-state index in [0.717, 1.165) is 32.1 Å². The van der Waals surface area contributed by atoms with Crippen molar-refractivity contribution < 1.29 is 34.4 Å². The summed E-state index contributed by atoms with van der Waals surface area (Å²) in [6.07, 6.45) is 2.98. The molecule has 6 heteroatoms. The van der Waals surface area contributed by atoms with Gasteiger partial charge in [-0.15, -0.1) is 23.3 Å². The molecule has 0 atom stereocenters. The molecule has 5 aromatic rings. The van der Waals surface area contributed by atoms with Crippen molar-refractivity contribution in [2.24, 2.45) is 0 Å². The number of carbonyl (C=O) groups is 1. The van der Waals surface area contributed by atoms with Crippen LogP contribution in [0.3, 0.4) is 0 Å². The van der Waals surface area contributed by atoms with E-state index >= 15 is 0 Å². The summed E-state index contributed by atoms with van der Waals surface area (Å²) in [6.45, 7) is 11.7. The van der Waals surface area contributed by atoms with Crippen LogP contribution in [0.25, 0.3) is 42.9 Å². The van der Waals surface area contributed by atoms with Crippen LogP contribution in [0, 0.1) is 18.8 Å². The smallest absolute Gasteiger partial charge is 0.155 e. The Bertz CT molecular complexity index is 1640. The number of aryl methyl sites for hydroxylation is 1. The third-order valence-corrected chi connectivity index (χ3v) is 6.87. The zero-order valence-corrected chi connectivity index (χ0v) is 24.9. The number of nitrogens with zero attached hydrogens (tertiary/aromatic N) is 1. The van der Waals surface area contributed by atoms with E-state index in [-0.39, 0.29) is 42.9 Å². The first-order valence-corrected chi connectivity index (χ1v) is 12.6. The fraction of sp³-hybridized carbons (Fsp3) is 0.226. The predicted octanol–water partition coefficient (Wildman–Crippen LogP) is 8.85. The van der Waals surface area contributed by atoms with Crippen molar-refractivity contribution in [1.82, 2.24) is 4.98 Å². The Morgan fingerprint density at radius 2 is 1.68 bits per heavy atom. The summed E-state index contributed by atoms with van der Waals surface area (Å²) >= 11 is 1.77. The molecule has 2 heterocycles. The number of allylic oxidation sites excluding steroid dienone is 2. The first-order chi connectivity index (χ1) is 17.0. The quantitative estimate of drug-likeness (QED) is 0.0872. The van der Waals surface area contributed by atoms with Gasteiger partial charge in [0.2, 0.25) is 0 Å². The van der Waals surface area contributed by atoms with Gasteiger partial charge in [0.25, 0.3) is 0 Å². The molecular formula is C31H29FIrNO2S-. The van der Waals surface area contributed by atoms with E-state index in [0.29, 0.717) is 5.39 Å². The van der Waals surface area contributed by atoms with Gasteiger partial charge >= 0.3 is 0 Å². The Morgan fingerprint density at radius 1 is 1.00 bits per heavy atom. The summed E-state index contributed by atoms with van der Waals surface area (Å²) in [5.74, 6) is -0.257. The minimum atomic E-state index is -0.195. The Hall–Kier alpha value is -2.92. The topological polar surface area (TPSA) is 50.2 Å². The summed E-state index contributed by atoms with van der Waals surface area (Å²) in [6, 6.07) is 19.2. The van der Waals surface area contributed by atoms with Gasteiger partial charge in [0, 0.05) is 37.8 Å². The van der Waals surface area contributed by atoms with Crippen LogP contribution in [-0.2, 0) is 30.3 Å². The van der Waals surface area contributed by atoms with E-state index in [1.54, 1.807) is 17.4 Å². The van der Waals surface area contributed by atoms with Crippen molar-refractivity contribution in [3.8, 4) is 11.3 Å². The average molecular weight is 691 g/mol. The van der Waals surface area contributed by atoms with E-state index in [9.17, 15) is 9.18 Å². The number of halogens is 1. The molecule has 0 spiro atoms. The van der Waals surface area contributed by atoms with Crippen molar-refractivity contribution in [2.75, 3.05) is 0 Å². The average Bonchev–Trinajstić information content (AvgIpc) is 3.16. The van der Waals surface area contributed by atoms with Gasteiger partial charge < -0.3 is 10.1 Å². The fourth-order valence-corrected chi connectivity index (χ4v) is 5.37. The van der Waals surface area contributed by atoms with Crippen LogP contribution < -0.4 is 0 Å². The molecule has 193 valence electrons. The molecule has 1 N–H and O–H groups in total. The van der Waals surface area contributed by atoms with Crippen LogP contribution in [0.5, 0.6) is 0 Å².